The summed E-state index contributed by atoms with van der Waals surface area (Å²) in [4.78, 5) is 0. The molecule has 2 heterocycles. The number of thiocarbonyl (C=S) groups is 1. The summed E-state index contributed by atoms with van der Waals surface area (Å²) in [6.45, 7) is 5.15. The average Bonchev–Trinajstić information content (AvgIpc) is 3.29. The van der Waals surface area contributed by atoms with E-state index in [0.717, 1.165) is 28.3 Å². The maximum absolute atomic E-state index is 13.1. The van der Waals surface area contributed by atoms with E-state index in [2.05, 4.69) is 33.0 Å². The summed E-state index contributed by atoms with van der Waals surface area (Å²) in [6.07, 6.45) is 3.66. The number of benzene rings is 2. The third-order valence-corrected chi connectivity index (χ3v) is 5.15. The molecule has 0 spiro atoms. The molecule has 0 aliphatic heterocycles. The van der Waals surface area contributed by atoms with Gasteiger partial charge in [-0.3, -0.25) is 9.36 Å². The molecule has 2 aromatic carbocycles. The molecule has 0 unspecified atom stereocenters. The molecule has 0 atom stereocenters. The van der Waals surface area contributed by atoms with Crippen LogP contribution in [0.3, 0.4) is 0 Å². The van der Waals surface area contributed by atoms with E-state index in [9.17, 15) is 4.39 Å². The molecule has 31 heavy (non-hydrogen) atoms. The van der Waals surface area contributed by atoms with E-state index in [4.69, 9.17) is 12.2 Å². The first-order chi connectivity index (χ1) is 15.0. The van der Waals surface area contributed by atoms with Gasteiger partial charge in [0.05, 0.1) is 42.0 Å². The van der Waals surface area contributed by atoms with Crippen LogP contribution < -0.4 is 10.6 Å². The second-order valence-corrected chi connectivity index (χ2v) is 7.73. The Labute approximate surface area is 185 Å². The highest BCUT2D eigenvalue weighted by atomic mass is 32.1. The summed E-state index contributed by atoms with van der Waals surface area (Å²) >= 11 is 5.49. The minimum atomic E-state index is -0.247. The van der Waals surface area contributed by atoms with Gasteiger partial charge in [-0.2, -0.15) is 10.2 Å². The Balaban J connectivity index is 1.39. The lowest BCUT2D eigenvalue weighted by atomic mass is 10.2. The van der Waals surface area contributed by atoms with E-state index in [1.165, 1.54) is 17.7 Å². The first kappa shape index (κ1) is 20.7. The van der Waals surface area contributed by atoms with Crippen LogP contribution in [0.1, 0.15) is 22.5 Å². The van der Waals surface area contributed by atoms with Crippen LogP contribution in [0, 0.1) is 19.7 Å². The van der Waals surface area contributed by atoms with Crippen LogP contribution in [0.25, 0.3) is 0 Å². The van der Waals surface area contributed by atoms with E-state index in [0.29, 0.717) is 18.2 Å². The van der Waals surface area contributed by atoms with Crippen molar-refractivity contribution in [3.05, 3.63) is 95.3 Å². The molecule has 0 aliphatic rings. The van der Waals surface area contributed by atoms with Crippen molar-refractivity contribution >= 4 is 28.7 Å². The van der Waals surface area contributed by atoms with Crippen molar-refractivity contribution in [2.45, 2.75) is 26.9 Å². The van der Waals surface area contributed by atoms with Crippen LogP contribution in [0.2, 0.25) is 0 Å². The Kier molecular flexibility index (Phi) is 6.08. The minimum Gasteiger partial charge on any atom is -0.330 e. The Morgan fingerprint density at radius 1 is 0.968 bits per heavy atom. The van der Waals surface area contributed by atoms with Crippen molar-refractivity contribution in [3.8, 4) is 0 Å². The SMILES string of the molecule is Cc1nn(Cc2ccc(F)cc2)c(C)c1NC(=S)Nc1cnn(Cc2ccccc2)c1. The lowest BCUT2D eigenvalue weighted by Gasteiger charge is -2.10. The molecule has 8 heteroatoms. The molecule has 0 bridgehead atoms. The summed E-state index contributed by atoms with van der Waals surface area (Å²) in [7, 11) is 0. The van der Waals surface area contributed by atoms with Crippen LogP contribution >= 0.6 is 12.2 Å². The zero-order chi connectivity index (χ0) is 21.8. The second kappa shape index (κ2) is 9.09. The zero-order valence-electron chi connectivity index (χ0n) is 17.3. The third kappa shape index (κ3) is 5.16. The summed E-state index contributed by atoms with van der Waals surface area (Å²) in [5, 5.41) is 15.9. The van der Waals surface area contributed by atoms with E-state index in [1.54, 1.807) is 18.3 Å². The van der Waals surface area contributed by atoms with Crippen molar-refractivity contribution in [3.63, 3.8) is 0 Å². The van der Waals surface area contributed by atoms with Gasteiger partial charge in [0, 0.05) is 6.20 Å². The van der Waals surface area contributed by atoms with Gasteiger partial charge in [0.25, 0.3) is 0 Å². The van der Waals surface area contributed by atoms with Gasteiger partial charge in [-0.1, -0.05) is 42.5 Å². The fourth-order valence-electron chi connectivity index (χ4n) is 3.36. The molecule has 0 fully saturated rings. The Morgan fingerprint density at radius 2 is 1.68 bits per heavy atom. The Bertz CT molecular complexity index is 1180. The van der Waals surface area contributed by atoms with Gasteiger partial charge in [0.1, 0.15) is 5.82 Å². The number of halogens is 1. The first-order valence-electron chi connectivity index (χ1n) is 9.91. The summed E-state index contributed by atoms with van der Waals surface area (Å²) in [5.74, 6) is -0.247. The van der Waals surface area contributed by atoms with Crippen LogP contribution in [-0.4, -0.2) is 24.7 Å². The molecular weight excluding hydrogens is 411 g/mol. The molecule has 0 saturated carbocycles. The average molecular weight is 435 g/mol. The molecular formula is C23H23FN6S. The Morgan fingerprint density at radius 3 is 2.42 bits per heavy atom. The van der Waals surface area contributed by atoms with Crippen LogP contribution in [0.4, 0.5) is 15.8 Å². The maximum Gasteiger partial charge on any atom is 0.175 e. The van der Waals surface area contributed by atoms with E-state index >= 15 is 0 Å². The summed E-state index contributed by atoms with van der Waals surface area (Å²) in [5.41, 5.74) is 5.61. The predicted molar refractivity (Wildman–Crippen MR) is 125 cm³/mol. The molecule has 2 N–H and O–H groups in total. The number of anilines is 2. The van der Waals surface area contributed by atoms with E-state index in [-0.39, 0.29) is 5.82 Å². The topological polar surface area (TPSA) is 59.7 Å². The standard InChI is InChI=1S/C23H23FN6S/c1-16-22(17(2)30(28-16)14-19-8-10-20(24)11-9-19)27-23(31)26-21-12-25-29(15-21)13-18-6-4-3-5-7-18/h3-12,15H,13-14H2,1-2H3,(H2,26,27,31). The fraction of sp³-hybridized carbons (Fsp3) is 0.174. The zero-order valence-corrected chi connectivity index (χ0v) is 18.2. The Hall–Kier alpha value is -3.52. The highest BCUT2D eigenvalue weighted by molar-refractivity contribution is 7.80. The maximum atomic E-state index is 13.1. The van der Waals surface area contributed by atoms with E-state index in [1.807, 2.05) is 47.6 Å². The minimum absolute atomic E-state index is 0.247. The first-order valence-corrected chi connectivity index (χ1v) is 10.3. The van der Waals surface area contributed by atoms with Gasteiger partial charge in [0.2, 0.25) is 0 Å². The number of aryl methyl sites for hydroxylation is 1. The molecule has 2 aromatic heterocycles. The van der Waals surface area contributed by atoms with Gasteiger partial charge < -0.3 is 10.6 Å². The quantitative estimate of drug-likeness (QED) is 0.429. The fourth-order valence-corrected chi connectivity index (χ4v) is 3.58. The smallest absolute Gasteiger partial charge is 0.175 e. The molecule has 158 valence electrons. The number of rotatable bonds is 6. The largest absolute Gasteiger partial charge is 0.330 e. The molecule has 0 radical (unpaired) electrons. The van der Waals surface area contributed by atoms with Crippen molar-refractivity contribution in [1.29, 1.82) is 0 Å². The van der Waals surface area contributed by atoms with Gasteiger partial charge in [-0.05, 0) is 49.3 Å². The molecule has 0 aliphatic carbocycles. The third-order valence-electron chi connectivity index (χ3n) is 4.94. The van der Waals surface area contributed by atoms with Crippen LogP contribution in [0.5, 0.6) is 0 Å². The van der Waals surface area contributed by atoms with Crippen molar-refractivity contribution in [1.82, 2.24) is 19.6 Å². The van der Waals surface area contributed by atoms with Gasteiger partial charge in [-0.25, -0.2) is 4.39 Å². The summed E-state index contributed by atoms with van der Waals surface area (Å²) in [6, 6.07) is 16.6. The molecule has 0 saturated heterocycles. The molecule has 4 aromatic rings. The normalized spacial score (nSPS) is 10.8. The van der Waals surface area contributed by atoms with Crippen LogP contribution in [0.15, 0.2) is 67.0 Å². The number of nitrogens with one attached hydrogen (secondary N) is 2. The molecule has 6 nitrogen and oxygen atoms in total. The second-order valence-electron chi connectivity index (χ2n) is 7.32. The highest BCUT2D eigenvalue weighted by Gasteiger charge is 2.13. The number of aromatic nitrogens is 4. The van der Waals surface area contributed by atoms with Crippen LogP contribution in [-0.2, 0) is 13.1 Å². The summed E-state index contributed by atoms with van der Waals surface area (Å²) < 4.78 is 16.9. The predicted octanol–water partition coefficient (Wildman–Crippen LogP) is 4.74. The van der Waals surface area contributed by atoms with Gasteiger partial charge in [0.15, 0.2) is 5.11 Å². The van der Waals surface area contributed by atoms with Gasteiger partial charge >= 0.3 is 0 Å². The lowest BCUT2D eigenvalue weighted by Crippen LogP contribution is -2.19. The number of nitrogens with zero attached hydrogens (tertiary/aromatic N) is 4. The van der Waals surface area contributed by atoms with Gasteiger partial charge in [-0.15, -0.1) is 0 Å². The highest BCUT2D eigenvalue weighted by Crippen LogP contribution is 2.21. The molecule has 0 amide bonds. The number of hydrogen-bond acceptors (Lipinski definition) is 3. The lowest BCUT2D eigenvalue weighted by molar-refractivity contribution is 0.622. The van der Waals surface area contributed by atoms with E-state index < -0.39 is 0 Å². The van der Waals surface area contributed by atoms with Crippen molar-refractivity contribution in [2.75, 3.05) is 10.6 Å². The van der Waals surface area contributed by atoms with Crippen molar-refractivity contribution < 1.29 is 4.39 Å². The number of hydrogen-bond donors (Lipinski definition) is 2. The monoisotopic (exact) mass is 434 g/mol. The van der Waals surface area contributed by atoms with Crippen molar-refractivity contribution in [2.24, 2.45) is 0 Å². The molecule has 4 rings (SSSR count).